The molecule has 0 radical (unpaired) electrons. The van der Waals surface area contributed by atoms with E-state index in [4.69, 9.17) is 16.2 Å². The van der Waals surface area contributed by atoms with E-state index in [9.17, 15) is 4.79 Å². The number of carbonyl (C=O) groups is 1. The minimum absolute atomic E-state index is 0.327. The van der Waals surface area contributed by atoms with Gasteiger partial charge in [0.15, 0.2) is 10.7 Å². The molecule has 6 nitrogen and oxygen atoms in total. The first-order valence-corrected chi connectivity index (χ1v) is 7.92. The van der Waals surface area contributed by atoms with E-state index in [0.717, 1.165) is 16.1 Å². The lowest BCUT2D eigenvalue weighted by molar-refractivity contribution is 0.0533. The molecular weight excluding hydrogens is 300 g/mol. The van der Waals surface area contributed by atoms with Gasteiger partial charge in [-0.05, 0) is 12.5 Å². The number of aromatic nitrogens is 1. The molecule has 0 saturated carbocycles. The van der Waals surface area contributed by atoms with E-state index in [1.807, 2.05) is 24.3 Å². The Hall–Kier alpha value is -1.96. The Kier molecular flexibility index (Phi) is 5.88. The summed E-state index contributed by atoms with van der Waals surface area (Å²) in [5, 5.41) is 3.82. The van der Waals surface area contributed by atoms with Crippen molar-refractivity contribution in [3.63, 3.8) is 0 Å². The average molecular weight is 320 g/mol. The van der Waals surface area contributed by atoms with Crippen LogP contribution in [-0.2, 0) is 11.3 Å². The van der Waals surface area contributed by atoms with Crippen molar-refractivity contribution in [1.29, 1.82) is 0 Å². The fourth-order valence-corrected chi connectivity index (χ4v) is 2.81. The highest BCUT2D eigenvalue weighted by atomic mass is 32.1. The van der Waals surface area contributed by atoms with Gasteiger partial charge in [0.05, 0.1) is 6.61 Å². The molecule has 0 aliphatic heterocycles. The smallest absolute Gasteiger partial charge is 0.352 e. The Labute approximate surface area is 133 Å². The maximum atomic E-state index is 12.0. The third kappa shape index (κ3) is 3.82. The van der Waals surface area contributed by atoms with Gasteiger partial charge in [-0.2, -0.15) is 0 Å². The summed E-state index contributed by atoms with van der Waals surface area (Å²) in [6.07, 6.45) is 0. The van der Waals surface area contributed by atoms with Crippen LogP contribution in [0, 0.1) is 0 Å². The van der Waals surface area contributed by atoms with Crippen LogP contribution in [-0.4, -0.2) is 30.6 Å². The standard InChI is InChI=1S/C15H20N4O2S/c1-2-21-15(20)12-13(18-8-7-16)19-14(22-12)11-5-3-10(9-17)4-6-11/h3-6,18H,2,7-9,16-17H2,1H3. The first kappa shape index (κ1) is 16.4. The van der Waals surface area contributed by atoms with Gasteiger partial charge in [-0.15, -0.1) is 11.3 Å². The Morgan fingerprint density at radius 2 is 2.05 bits per heavy atom. The van der Waals surface area contributed by atoms with Gasteiger partial charge in [0.2, 0.25) is 0 Å². The second-order valence-corrected chi connectivity index (χ2v) is 5.53. The maximum Gasteiger partial charge on any atom is 0.352 e. The third-order valence-corrected chi connectivity index (χ3v) is 4.05. The first-order chi connectivity index (χ1) is 10.7. The number of thiazole rings is 1. The van der Waals surface area contributed by atoms with Crippen molar-refractivity contribution in [3.05, 3.63) is 34.7 Å². The Morgan fingerprint density at radius 3 is 2.64 bits per heavy atom. The van der Waals surface area contributed by atoms with E-state index < -0.39 is 0 Å². The molecule has 2 aromatic rings. The Morgan fingerprint density at radius 1 is 1.32 bits per heavy atom. The van der Waals surface area contributed by atoms with Gasteiger partial charge in [-0.25, -0.2) is 9.78 Å². The fourth-order valence-electron chi connectivity index (χ4n) is 1.87. The quantitative estimate of drug-likeness (QED) is 0.672. The summed E-state index contributed by atoms with van der Waals surface area (Å²) in [6.45, 7) is 3.60. The molecule has 0 bridgehead atoms. The summed E-state index contributed by atoms with van der Waals surface area (Å²) >= 11 is 1.30. The topological polar surface area (TPSA) is 103 Å². The lowest BCUT2D eigenvalue weighted by atomic mass is 10.1. The van der Waals surface area contributed by atoms with Crippen LogP contribution >= 0.6 is 11.3 Å². The number of carbonyl (C=O) groups excluding carboxylic acids is 1. The number of nitrogens with two attached hydrogens (primary N) is 2. The van der Waals surface area contributed by atoms with Crippen molar-refractivity contribution in [2.75, 3.05) is 25.0 Å². The molecule has 0 fully saturated rings. The molecule has 1 aromatic heterocycles. The highest BCUT2D eigenvalue weighted by Gasteiger charge is 2.19. The number of ether oxygens (including phenoxy) is 1. The van der Waals surface area contributed by atoms with Crippen molar-refractivity contribution in [2.45, 2.75) is 13.5 Å². The SMILES string of the molecule is CCOC(=O)c1sc(-c2ccc(CN)cc2)nc1NCCN. The molecule has 5 N–H and O–H groups in total. The third-order valence-electron chi connectivity index (χ3n) is 2.96. The Bertz CT molecular complexity index is 625. The van der Waals surface area contributed by atoms with E-state index in [1.165, 1.54) is 11.3 Å². The van der Waals surface area contributed by atoms with Crippen LogP contribution in [0.2, 0.25) is 0 Å². The number of hydrogen-bond donors (Lipinski definition) is 3. The molecule has 0 unspecified atom stereocenters. The van der Waals surface area contributed by atoms with Gasteiger partial charge < -0.3 is 21.5 Å². The summed E-state index contributed by atoms with van der Waals surface area (Å²) < 4.78 is 5.08. The monoisotopic (exact) mass is 320 g/mol. The summed E-state index contributed by atoms with van der Waals surface area (Å²) in [5.41, 5.74) is 13.1. The maximum absolute atomic E-state index is 12.0. The second kappa shape index (κ2) is 7.88. The summed E-state index contributed by atoms with van der Waals surface area (Å²) in [5.74, 6) is 0.149. The number of hydrogen-bond acceptors (Lipinski definition) is 7. The van der Waals surface area contributed by atoms with Crippen molar-refractivity contribution in [2.24, 2.45) is 11.5 Å². The number of nitrogens with one attached hydrogen (secondary N) is 1. The highest BCUT2D eigenvalue weighted by Crippen LogP contribution is 2.31. The number of nitrogens with zero attached hydrogens (tertiary/aromatic N) is 1. The van der Waals surface area contributed by atoms with Crippen LogP contribution in [0.1, 0.15) is 22.2 Å². The molecule has 22 heavy (non-hydrogen) atoms. The summed E-state index contributed by atoms with van der Waals surface area (Å²) in [6, 6.07) is 7.80. The zero-order chi connectivity index (χ0) is 15.9. The van der Waals surface area contributed by atoms with Crippen LogP contribution < -0.4 is 16.8 Å². The second-order valence-electron chi connectivity index (χ2n) is 4.53. The number of rotatable bonds is 7. The van der Waals surface area contributed by atoms with Crippen molar-refractivity contribution < 1.29 is 9.53 Å². The number of esters is 1. The first-order valence-electron chi connectivity index (χ1n) is 7.10. The van der Waals surface area contributed by atoms with Crippen molar-refractivity contribution in [1.82, 2.24) is 4.98 Å². The van der Waals surface area contributed by atoms with Crippen LogP contribution in [0.5, 0.6) is 0 Å². The lowest BCUT2D eigenvalue weighted by Crippen LogP contribution is -2.15. The predicted molar refractivity (Wildman–Crippen MR) is 88.9 cm³/mol. The number of benzene rings is 1. The molecule has 0 atom stereocenters. The molecule has 118 valence electrons. The van der Waals surface area contributed by atoms with Gasteiger partial charge in [-0.1, -0.05) is 24.3 Å². The number of anilines is 1. The zero-order valence-electron chi connectivity index (χ0n) is 12.5. The normalized spacial score (nSPS) is 10.5. The zero-order valence-corrected chi connectivity index (χ0v) is 13.3. The van der Waals surface area contributed by atoms with E-state index in [0.29, 0.717) is 36.9 Å². The molecule has 1 aromatic carbocycles. The van der Waals surface area contributed by atoms with Gasteiger partial charge in [0.1, 0.15) is 5.01 Å². The van der Waals surface area contributed by atoms with Gasteiger partial charge in [-0.3, -0.25) is 0 Å². The van der Waals surface area contributed by atoms with Crippen LogP contribution in [0.4, 0.5) is 5.82 Å². The van der Waals surface area contributed by atoms with Crippen LogP contribution in [0.25, 0.3) is 10.6 Å². The molecule has 1 heterocycles. The van der Waals surface area contributed by atoms with E-state index in [1.54, 1.807) is 6.92 Å². The fraction of sp³-hybridized carbons (Fsp3) is 0.333. The molecule has 2 rings (SSSR count). The van der Waals surface area contributed by atoms with Crippen molar-refractivity contribution in [3.8, 4) is 10.6 Å². The van der Waals surface area contributed by atoms with Crippen molar-refractivity contribution >= 4 is 23.1 Å². The van der Waals surface area contributed by atoms with E-state index in [2.05, 4.69) is 10.3 Å². The molecule has 0 saturated heterocycles. The van der Waals surface area contributed by atoms with E-state index in [-0.39, 0.29) is 5.97 Å². The summed E-state index contributed by atoms with van der Waals surface area (Å²) in [7, 11) is 0. The van der Waals surface area contributed by atoms with Gasteiger partial charge in [0, 0.05) is 25.2 Å². The minimum atomic E-state index is -0.371. The average Bonchev–Trinajstić information content (AvgIpc) is 2.97. The lowest BCUT2D eigenvalue weighted by Gasteiger charge is -2.03. The van der Waals surface area contributed by atoms with Crippen LogP contribution in [0.15, 0.2) is 24.3 Å². The molecule has 0 spiro atoms. The minimum Gasteiger partial charge on any atom is -0.462 e. The molecule has 0 aliphatic carbocycles. The molecule has 0 aliphatic rings. The highest BCUT2D eigenvalue weighted by molar-refractivity contribution is 7.17. The van der Waals surface area contributed by atoms with Gasteiger partial charge in [0.25, 0.3) is 0 Å². The molecule has 7 heteroatoms. The Balaban J connectivity index is 2.32. The molecular formula is C15H20N4O2S. The summed E-state index contributed by atoms with van der Waals surface area (Å²) in [4.78, 5) is 17.0. The predicted octanol–water partition coefficient (Wildman–Crippen LogP) is 1.82. The molecule has 0 amide bonds. The largest absolute Gasteiger partial charge is 0.462 e. The van der Waals surface area contributed by atoms with E-state index >= 15 is 0 Å². The van der Waals surface area contributed by atoms with Crippen LogP contribution in [0.3, 0.4) is 0 Å². The van der Waals surface area contributed by atoms with Gasteiger partial charge >= 0.3 is 5.97 Å².